The number of halogens is 3. The van der Waals surface area contributed by atoms with Gasteiger partial charge in [0.2, 0.25) is 0 Å². The van der Waals surface area contributed by atoms with Gasteiger partial charge in [0.25, 0.3) is 0 Å². The van der Waals surface area contributed by atoms with Crippen molar-refractivity contribution in [2.45, 2.75) is 11.3 Å². The molecule has 0 atom stereocenters. The molecule has 26 heavy (non-hydrogen) atoms. The fraction of sp³-hybridized carbons (Fsp3) is 0.188. The highest BCUT2D eigenvalue weighted by Gasteiger charge is 2.22. The van der Waals surface area contributed by atoms with Crippen LogP contribution in [-0.4, -0.2) is 27.5 Å². The van der Waals surface area contributed by atoms with E-state index in [2.05, 4.69) is 5.32 Å². The van der Waals surface area contributed by atoms with Gasteiger partial charge in [-0.05, 0) is 36.8 Å². The topological polar surface area (TPSA) is 75.7 Å². The second kappa shape index (κ2) is 7.52. The third-order valence-corrected chi connectivity index (χ3v) is 5.96. The smallest absolute Gasteiger partial charge is 0.339 e. The van der Waals surface area contributed by atoms with E-state index in [4.69, 9.17) is 39.0 Å². The van der Waals surface area contributed by atoms with Crippen molar-refractivity contribution in [1.82, 2.24) is 5.32 Å². The first-order valence-corrected chi connectivity index (χ1v) is 10.1. The summed E-state index contributed by atoms with van der Waals surface area (Å²) in [5, 5.41) is 3.05. The van der Waals surface area contributed by atoms with Gasteiger partial charge in [-0.3, -0.25) is 4.90 Å². The molecule has 1 aliphatic rings. The average Bonchev–Trinajstić information content (AvgIpc) is 2.60. The summed E-state index contributed by atoms with van der Waals surface area (Å²) in [6.07, 6.45) is 0.810. The molecule has 6 nitrogen and oxygen atoms in total. The Kier molecular flexibility index (Phi) is 5.53. The highest BCUT2D eigenvalue weighted by atomic mass is 35.5. The third kappa shape index (κ3) is 4.01. The van der Waals surface area contributed by atoms with E-state index in [0.717, 1.165) is 6.42 Å². The molecular formula is C16H13Cl3N2O4S. The van der Waals surface area contributed by atoms with Gasteiger partial charge in [-0.2, -0.15) is 8.42 Å². The van der Waals surface area contributed by atoms with Crippen LogP contribution in [0.2, 0.25) is 15.1 Å². The predicted octanol–water partition coefficient (Wildman–Crippen LogP) is 4.33. The van der Waals surface area contributed by atoms with Crippen molar-refractivity contribution in [3.8, 4) is 5.75 Å². The normalized spacial score (nSPS) is 14.9. The highest BCUT2D eigenvalue weighted by molar-refractivity contribution is 7.87. The predicted molar refractivity (Wildman–Crippen MR) is 101 cm³/mol. The molecule has 1 fully saturated rings. The minimum Gasteiger partial charge on any atom is -0.377 e. The molecule has 0 bridgehead atoms. The Labute approximate surface area is 165 Å². The summed E-state index contributed by atoms with van der Waals surface area (Å²) in [5.74, 6) is -0.124. The first-order chi connectivity index (χ1) is 12.3. The Balaban J connectivity index is 1.84. The zero-order chi connectivity index (χ0) is 18.9. The number of hydrogen-bond acceptors (Lipinski definition) is 4. The second-order valence-corrected chi connectivity index (χ2v) is 8.23. The molecule has 1 heterocycles. The summed E-state index contributed by atoms with van der Waals surface area (Å²) >= 11 is 17.6. The number of urea groups is 1. The van der Waals surface area contributed by atoms with Crippen LogP contribution in [0, 0.1) is 0 Å². The number of hydrogen-bond donors (Lipinski definition) is 1. The van der Waals surface area contributed by atoms with Crippen LogP contribution in [0.4, 0.5) is 10.5 Å². The van der Waals surface area contributed by atoms with Crippen molar-refractivity contribution >= 4 is 56.6 Å². The summed E-state index contributed by atoms with van der Waals surface area (Å²) in [5.41, 5.74) is 0.591. The molecule has 0 unspecified atom stereocenters. The van der Waals surface area contributed by atoms with Crippen LogP contribution in [0.1, 0.15) is 6.42 Å². The molecule has 3 rings (SSSR count). The average molecular weight is 436 g/mol. The van der Waals surface area contributed by atoms with Crippen molar-refractivity contribution in [2.24, 2.45) is 0 Å². The van der Waals surface area contributed by atoms with Crippen LogP contribution in [0.25, 0.3) is 0 Å². The molecule has 0 aliphatic carbocycles. The molecule has 2 aromatic rings. The third-order valence-electron chi connectivity index (χ3n) is 3.69. The van der Waals surface area contributed by atoms with Crippen molar-refractivity contribution < 1.29 is 17.4 Å². The number of nitrogens with one attached hydrogen (secondary N) is 1. The van der Waals surface area contributed by atoms with Gasteiger partial charge in [0.05, 0.1) is 15.1 Å². The van der Waals surface area contributed by atoms with Crippen molar-refractivity contribution in [3.63, 3.8) is 0 Å². The Hall–Kier alpha value is -1.67. The molecule has 0 aromatic heterocycles. The Morgan fingerprint density at radius 2 is 1.65 bits per heavy atom. The summed E-state index contributed by atoms with van der Waals surface area (Å²) in [4.78, 5) is 13.3. The minimum absolute atomic E-state index is 0.0181. The molecule has 138 valence electrons. The highest BCUT2D eigenvalue weighted by Crippen LogP contribution is 2.35. The lowest BCUT2D eigenvalue weighted by Crippen LogP contribution is -2.46. The van der Waals surface area contributed by atoms with Crippen LogP contribution < -0.4 is 14.4 Å². The van der Waals surface area contributed by atoms with E-state index in [1.54, 1.807) is 0 Å². The number of anilines is 1. The lowest BCUT2D eigenvalue weighted by Gasteiger charge is -2.27. The largest absolute Gasteiger partial charge is 0.377 e. The van der Waals surface area contributed by atoms with Crippen molar-refractivity contribution in [1.29, 1.82) is 0 Å². The molecule has 0 saturated carbocycles. The van der Waals surface area contributed by atoms with Gasteiger partial charge in [0, 0.05) is 24.8 Å². The van der Waals surface area contributed by atoms with E-state index in [1.165, 1.54) is 41.3 Å². The van der Waals surface area contributed by atoms with Crippen LogP contribution in [0.15, 0.2) is 41.3 Å². The van der Waals surface area contributed by atoms with Crippen LogP contribution in [0.3, 0.4) is 0 Å². The first-order valence-electron chi connectivity index (χ1n) is 7.52. The van der Waals surface area contributed by atoms with Crippen LogP contribution in [-0.2, 0) is 10.1 Å². The van der Waals surface area contributed by atoms with E-state index in [-0.39, 0.29) is 31.7 Å². The van der Waals surface area contributed by atoms with Crippen molar-refractivity contribution in [3.05, 3.63) is 51.5 Å². The molecule has 0 radical (unpaired) electrons. The summed E-state index contributed by atoms with van der Waals surface area (Å²) in [6.45, 7) is 1.19. The fourth-order valence-electron chi connectivity index (χ4n) is 2.40. The first kappa shape index (κ1) is 19.1. The molecule has 2 amide bonds. The molecule has 2 aromatic carbocycles. The Morgan fingerprint density at radius 3 is 2.31 bits per heavy atom. The Bertz CT molecular complexity index is 949. The van der Waals surface area contributed by atoms with Crippen LogP contribution >= 0.6 is 34.8 Å². The van der Waals surface area contributed by atoms with Gasteiger partial charge in [0.15, 0.2) is 5.75 Å². The maximum Gasteiger partial charge on any atom is 0.339 e. The minimum atomic E-state index is -4.13. The zero-order valence-corrected chi connectivity index (χ0v) is 16.3. The van der Waals surface area contributed by atoms with E-state index in [1.807, 2.05) is 0 Å². The van der Waals surface area contributed by atoms with Crippen molar-refractivity contribution in [2.75, 3.05) is 18.0 Å². The molecule has 1 saturated heterocycles. The Morgan fingerprint density at radius 1 is 1.00 bits per heavy atom. The molecule has 10 heteroatoms. The zero-order valence-electron chi connectivity index (χ0n) is 13.2. The van der Waals surface area contributed by atoms with Gasteiger partial charge in [-0.25, -0.2) is 4.79 Å². The number of amides is 2. The van der Waals surface area contributed by atoms with E-state index in [9.17, 15) is 13.2 Å². The molecular weight excluding hydrogens is 423 g/mol. The number of benzene rings is 2. The maximum absolute atomic E-state index is 12.5. The quantitative estimate of drug-likeness (QED) is 0.573. The number of carbonyl (C=O) groups excluding carboxylic acids is 1. The monoisotopic (exact) mass is 434 g/mol. The van der Waals surface area contributed by atoms with Gasteiger partial charge in [-0.15, -0.1) is 0 Å². The molecule has 1 aliphatic heterocycles. The lowest BCUT2D eigenvalue weighted by atomic mass is 10.2. The summed E-state index contributed by atoms with van der Waals surface area (Å²) in [7, 11) is -4.13. The van der Waals surface area contributed by atoms with Crippen LogP contribution in [0.5, 0.6) is 5.75 Å². The molecule has 1 N–H and O–H groups in total. The van der Waals surface area contributed by atoms with Gasteiger partial charge in [-0.1, -0.05) is 34.8 Å². The summed E-state index contributed by atoms with van der Waals surface area (Å²) in [6, 6.07) is 8.11. The number of carbonyl (C=O) groups is 1. The van der Waals surface area contributed by atoms with Gasteiger partial charge in [0.1, 0.15) is 4.90 Å². The maximum atomic E-state index is 12.5. The summed E-state index contributed by atoms with van der Waals surface area (Å²) < 4.78 is 30.0. The lowest BCUT2D eigenvalue weighted by molar-refractivity contribution is 0.243. The SMILES string of the molecule is O=C1NCCCN1c1ccc(S(=O)(=O)Oc2cc(Cl)c(Cl)cc2Cl)cc1. The second-order valence-electron chi connectivity index (χ2n) is 5.47. The van der Waals surface area contributed by atoms with E-state index >= 15 is 0 Å². The fourth-order valence-corrected chi connectivity index (χ4v) is 3.96. The molecule has 0 spiro atoms. The standard InChI is InChI=1S/C16H13Cl3N2O4S/c17-12-8-14(19)15(9-13(12)18)25-26(23,24)11-4-2-10(3-5-11)21-7-1-6-20-16(21)22/h2-5,8-9H,1,6-7H2,(H,20,22). The van der Waals surface area contributed by atoms with E-state index in [0.29, 0.717) is 18.8 Å². The van der Waals surface area contributed by atoms with E-state index < -0.39 is 10.1 Å². The van der Waals surface area contributed by atoms with Gasteiger partial charge < -0.3 is 9.50 Å². The number of rotatable bonds is 4. The van der Waals surface area contributed by atoms with Gasteiger partial charge >= 0.3 is 16.1 Å². The number of nitrogens with zero attached hydrogens (tertiary/aromatic N) is 1.